The summed E-state index contributed by atoms with van der Waals surface area (Å²) in [4.78, 5) is 26.0. The van der Waals surface area contributed by atoms with Crippen LogP contribution in [0.25, 0.3) is 10.2 Å². The van der Waals surface area contributed by atoms with E-state index >= 15 is 0 Å². The largest absolute Gasteiger partial charge is 0.494 e. The van der Waals surface area contributed by atoms with E-state index in [1.807, 2.05) is 19.1 Å². The predicted molar refractivity (Wildman–Crippen MR) is 122 cm³/mol. The molecule has 0 bridgehead atoms. The van der Waals surface area contributed by atoms with Crippen LogP contribution in [0, 0.1) is 6.92 Å². The van der Waals surface area contributed by atoms with Crippen molar-refractivity contribution in [1.82, 2.24) is 24.6 Å². The highest BCUT2D eigenvalue weighted by Gasteiger charge is 2.22. The molecule has 0 N–H and O–H groups in total. The van der Waals surface area contributed by atoms with Gasteiger partial charge < -0.3 is 9.47 Å². The van der Waals surface area contributed by atoms with E-state index in [0.29, 0.717) is 11.7 Å². The Hall–Kier alpha value is -2.27. The Bertz CT molecular complexity index is 990. The number of ether oxygens (including phenoxy) is 2. The van der Waals surface area contributed by atoms with Crippen molar-refractivity contribution in [3.05, 3.63) is 30.4 Å². The summed E-state index contributed by atoms with van der Waals surface area (Å²) in [7, 11) is 1.64. The molecule has 3 aromatic rings. The summed E-state index contributed by atoms with van der Waals surface area (Å²) in [6, 6.07) is 3.93. The highest BCUT2D eigenvalue weighted by Crippen LogP contribution is 2.36. The third kappa shape index (κ3) is 5.51. The molecule has 9 nitrogen and oxygen atoms in total. The average molecular weight is 467 g/mol. The van der Waals surface area contributed by atoms with Crippen LogP contribution in [0.5, 0.6) is 5.75 Å². The van der Waals surface area contributed by atoms with Crippen molar-refractivity contribution in [1.29, 1.82) is 0 Å². The molecule has 31 heavy (non-hydrogen) atoms. The lowest BCUT2D eigenvalue weighted by Gasteiger charge is -2.27. The van der Waals surface area contributed by atoms with E-state index in [2.05, 4.69) is 15.0 Å². The molecule has 0 unspecified atom stereocenters. The van der Waals surface area contributed by atoms with Gasteiger partial charge in [-0.2, -0.15) is 5.10 Å². The van der Waals surface area contributed by atoms with Crippen molar-refractivity contribution >= 4 is 45.0 Å². The molecule has 4 rings (SSSR count). The topological polar surface area (TPSA) is 85.6 Å². The number of halogens is 1. The molecule has 2 aromatic heterocycles. The summed E-state index contributed by atoms with van der Waals surface area (Å²) in [6.45, 7) is 7.09. The number of fused-ring (bicyclic) bond motifs is 1. The van der Waals surface area contributed by atoms with Crippen molar-refractivity contribution in [2.24, 2.45) is 0 Å². The number of nitrogens with zero attached hydrogens (tertiary/aromatic N) is 6. The van der Waals surface area contributed by atoms with Crippen LogP contribution in [0.4, 0.5) is 5.13 Å². The Morgan fingerprint density at radius 1 is 1.32 bits per heavy atom. The van der Waals surface area contributed by atoms with Gasteiger partial charge in [0.05, 0.1) is 25.0 Å². The minimum atomic E-state index is -0.0573. The number of methoxy groups -OCH3 is 1. The van der Waals surface area contributed by atoms with E-state index in [0.717, 1.165) is 60.8 Å². The number of hydrogen-bond donors (Lipinski definition) is 0. The fourth-order valence-electron chi connectivity index (χ4n) is 3.52. The van der Waals surface area contributed by atoms with Crippen LogP contribution in [-0.4, -0.2) is 77.1 Å². The summed E-state index contributed by atoms with van der Waals surface area (Å²) < 4.78 is 13.5. The van der Waals surface area contributed by atoms with Crippen LogP contribution in [0.15, 0.2) is 24.8 Å². The van der Waals surface area contributed by atoms with E-state index in [-0.39, 0.29) is 24.9 Å². The van der Waals surface area contributed by atoms with E-state index in [4.69, 9.17) is 14.5 Å². The zero-order valence-electron chi connectivity index (χ0n) is 17.7. The quantitative estimate of drug-likeness (QED) is 0.503. The van der Waals surface area contributed by atoms with Gasteiger partial charge in [-0.3, -0.25) is 14.6 Å². The Balaban J connectivity index is 0.00000272. The molecule has 1 amide bonds. The molecule has 1 saturated heterocycles. The van der Waals surface area contributed by atoms with Crippen molar-refractivity contribution in [2.75, 3.05) is 51.4 Å². The predicted octanol–water partition coefficient (Wildman–Crippen LogP) is 2.38. The molecule has 1 aromatic carbocycles. The number of anilines is 1. The lowest BCUT2D eigenvalue weighted by molar-refractivity contribution is -0.119. The number of amides is 1. The maximum atomic E-state index is 13.1. The number of aryl methyl sites for hydroxylation is 1. The summed E-state index contributed by atoms with van der Waals surface area (Å²) in [5.74, 6) is 0.660. The van der Waals surface area contributed by atoms with E-state index in [9.17, 15) is 4.79 Å². The molecule has 3 heterocycles. The maximum absolute atomic E-state index is 13.1. The molecule has 168 valence electrons. The standard InChI is InChI=1S/C20H26N6O3S.ClH/c1-15-4-5-16(28-2)18-19(15)30-20(23-18)26(17(27)12-25-14-21-13-22-25)7-3-6-24-8-10-29-11-9-24;/h4-5,13-14H,3,6-12H2,1-2H3;1H. The molecule has 0 radical (unpaired) electrons. The molecule has 1 aliphatic heterocycles. The summed E-state index contributed by atoms with van der Waals surface area (Å²) in [5, 5.41) is 4.75. The van der Waals surface area contributed by atoms with E-state index in [1.54, 1.807) is 18.3 Å². The Morgan fingerprint density at radius 3 is 2.84 bits per heavy atom. The molecular weight excluding hydrogens is 440 g/mol. The molecule has 0 saturated carbocycles. The SMILES string of the molecule is COc1ccc(C)c2sc(N(CCCN3CCOCC3)C(=O)Cn3cncn3)nc12.Cl. The van der Waals surface area contributed by atoms with Gasteiger partial charge in [-0.25, -0.2) is 14.6 Å². The fourth-order valence-corrected chi connectivity index (χ4v) is 4.62. The molecule has 11 heteroatoms. The molecule has 1 fully saturated rings. The first-order chi connectivity index (χ1) is 14.7. The Morgan fingerprint density at radius 2 is 2.13 bits per heavy atom. The van der Waals surface area contributed by atoms with Gasteiger partial charge in [-0.05, 0) is 25.0 Å². The monoisotopic (exact) mass is 466 g/mol. The second kappa shape index (κ2) is 10.9. The minimum Gasteiger partial charge on any atom is -0.494 e. The van der Waals surface area contributed by atoms with Gasteiger partial charge in [0, 0.05) is 26.2 Å². The molecule has 0 spiro atoms. The third-order valence-corrected chi connectivity index (χ3v) is 6.38. The molecular formula is C20H27ClN6O3S. The number of thiazole rings is 1. The zero-order valence-corrected chi connectivity index (χ0v) is 19.3. The van der Waals surface area contributed by atoms with Crippen LogP contribution in [-0.2, 0) is 16.1 Å². The fraction of sp³-hybridized carbons (Fsp3) is 0.500. The minimum absolute atomic E-state index is 0. The van der Waals surface area contributed by atoms with Gasteiger partial charge in [0.15, 0.2) is 5.13 Å². The van der Waals surface area contributed by atoms with Crippen molar-refractivity contribution in [3.63, 3.8) is 0 Å². The number of hydrogen-bond acceptors (Lipinski definition) is 8. The first-order valence-electron chi connectivity index (χ1n) is 10.0. The van der Waals surface area contributed by atoms with Crippen LogP contribution in [0.3, 0.4) is 0 Å². The summed E-state index contributed by atoms with van der Waals surface area (Å²) >= 11 is 1.52. The Labute approximate surface area is 191 Å². The molecule has 1 aliphatic rings. The van der Waals surface area contributed by atoms with Crippen molar-refractivity contribution < 1.29 is 14.3 Å². The smallest absolute Gasteiger partial charge is 0.250 e. The van der Waals surface area contributed by atoms with Gasteiger partial charge in [0.1, 0.15) is 30.5 Å². The lowest BCUT2D eigenvalue weighted by Crippen LogP contribution is -2.40. The van der Waals surface area contributed by atoms with Crippen LogP contribution in [0.1, 0.15) is 12.0 Å². The van der Waals surface area contributed by atoms with Gasteiger partial charge in [-0.1, -0.05) is 17.4 Å². The molecule has 0 atom stereocenters. The maximum Gasteiger partial charge on any atom is 0.250 e. The second-order valence-corrected chi connectivity index (χ2v) is 8.18. The van der Waals surface area contributed by atoms with E-state index in [1.165, 1.54) is 22.3 Å². The normalized spacial score (nSPS) is 14.4. The van der Waals surface area contributed by atoms with Gasteiger partial charge in [-0.15, -0.1) is 12.4 Å². The number of benzene rings is 1. The summed E-state index contributed by atoms with van der Waals surface area (Å²) in [6.07, 6.45) is 3.84. The van der Waals surface area contributed by atoms with Gasteiger partial charge in [0.2, 0.25) is 0 Å². The average Bonchev–Trinajstić information content (AvgIpc) is 3.43. The number of aromatic nitrogens is 4. The van der Waals surface area contributed by atoms with Crippen molar-refractivity contribution in [3.8, 4) is 5.75 Å². The highest BCUT2D eigenvalue weighted by atomic mass is 35.5. The number of carbonyl (C=O) groups excluding carboxylic acids is 1. The first kappa shape index (κ1) is 23.4. The van der Waals surface area contributed by atoms with Gasteiger partial charge >= 0.3 is 0 Å². The molecule has 0 aliphatic carbocycles. The second-order valence-electron chi connectivity index (χ2n) is 7.20. The summed E-state index contributed by atoms with van der Waals surface area (Å²) in [5.41, 5.74) is 1.91. The number of rotatable bonds is 8. The Kier molecular flexibility index (Phi) is 8.19. The van der Waals surface area contributed by atoms with Crippen LogP contribution < -0.4 is 9.64 Å². The van der Waals surface area contributed by atoms with Crippen LogP contribution >= 0.6 is 23.7 Å². The third-order valence-electron chi connectivity index (χ3n) is 5.17. The van der Waals surface area contributed by atoms with Crippen molar-refractivity contribution in [2.45, 2.75) is 19.9 Å². The zero-order chi connectivity index (χ0) is 20.9. The number of carbonyl (C=O) groups is 1. The first-order valence-corrected chi connectivity index (χ1v) is 10.8. The van der Waals surface area contributed by atoms with Gasteiger partial charge in [0.25, 0.3) is 5.91 Å². The number of morpholine rings is 1. The van der Waals surface area contributed by atoms with E-state index < -0.39 is 0 Å². The lowest BCUT2D eigenvalue weighted by atomic mass is 10.2. The van der Waals surface area contributed by atoms with Crippen LogP contribution in [0.2, 0.25) is 0 Å². The highest BCUT2D eigenvalue weighted by molar-refractivity contribution is 7.22.